The quantitative estimate of drug-likeness (QED) is 0.321. The first-order valence-corrected chi connectivity index (χ1v) is 3.72. The Balaban J connectivity index is 2.83. The molecule has 0 spiro atoms. The Hall–Kier alpha value is 0.190. The van der Waals surface area contributed by atoms with Gasteiger partial charge in [-0.25, -0.2) is 0 Å². The SMILES string of the molecule is C=C(I)NOCCNC. The molecule has 0 aliphatic rings. The van der Waals surface area contributed by atoms with Crippen LogP contribution in [0.1, 0.15) is 0 Å². The second kappa shape index (κ2) is 6.31. The summed E-state index contributed by atoms with van der Waals surface area (Å²) in [5.41, 5.74) is 2.63. The maximum atomic E-state index is 4.92. The monoisotopic (exact) mass is 242 g/mol. The van der Waals surface area contributed by atoms with Crippen LogP contribution in [-0.4, -0.2) is 20.2 Å². The van der Waals surface area contributed by atoms with Gasteiger partial charge in [-0.1, -0.05) is 6.58 Å². The van der Waals surface area contributed by atoms with Crippen LogP contribution in [0.2, 0.25) is 0 Å². The fourth-order valence-electron chi connectivity index (χ4n) is 0.282. The molecule has 54 valence electrons. The molecule has 0 heterocycles. The van der Waals surface area contributed by atoms with Crippen molar-refractivity contribution in [2.45, 2.75) is 0 Å². The number of hydrogen-bond acceptors (Lipinski definition) is 3. The first-order valence-electron chi connectivity index (χ1n) is 2.64. The van der Waals surface area contributed by atoms with Crippen LogP contribution in [-0.2, 0) is 4.84 Å². The minimum atomic E-state index is 0.651. The Morgan fingerprint density at radius 1 is 1.78 bits per heavy atom. The Morgan fingerprint density at radius 3 is 2.89 bits per heavy atom. The molecule has 2 N–H and O–H groups in total. The predicted octanol–water partition coefficient (Wildman–Crippen LogP) is 0.633. The molecule has 3 nitrogen and oxygen atoms in total. The highest BCUT2D eigenvalue weighted by Gasteiger charge is 1.83. The van der Waals surface area contributed by atoms with E-state index in [1.165, 1.54) is 0 Å². The van der Waals surface area contributed by atoms with Gasteiger partial charge in [0.2, 0.25) is 0 Å². The molecule has 0 unspecified atom stereocenters. The maximum absolute atomic E-state index is 4.92. The molecule has 0 saturated heterocycles. The maximum Gasteiger partial charge on any atom is 0.0912 e. The summed E-state index contributed by atoms with van der Waals surface area (Å²) >= 11 is 2.04. The van der Waals surface area contributed by atoms with Crippen molar-refractivity contribution in [2.24, 2.45) is 0 Å². The van der Waals surface area contributed by atoms with E-state index >= 15 is 0 Å². The Morgan fingerprint density at radius 2 is 2.44 bits per heavy atom. The highest BCUT2D eigenvalue weighted by atomic mass is 127. The van der Waals surface area contributed by atoms with Crippen LogP contribution in [0.15, 0.2) is 10.3 Å². The van der Waals surface area contributed by atoms with E-state index in [2.05, 4.69) is 17.4 Å². The van der Waals surface area contributed by atoms with E-state index in [1.54, 1.807) is 0 Å². The lowest BCUT2D eigenvalue weighted by Crippen LogP contribution is -2.19. The molecule has 0 atom stereocenters. The van der Waals surface area contributed by atoms with Gasteiger partial charge in [0.05, 0.1) is 10.3 Å². The van der Waals surface area contributed by atoms with Crippen LogP contribution in [0.5, 0.6) is 0 Å². The molecule has 0 aromatic heterocycles. The molecule has 0 aliphatic heterocycles. The first-order chi connectivity index (χ1) is 4.27. The highest BCUT2D eigenvalue weighted by molar-refractivity contribution is 14.1. The number of hydroxylamine groups is 1. The topological polar surface area (TPSA) is 33.3 Å². The average molecular weight is 242 g/mol. The highest BCUT2D eigenvalue weighted by Crippen LogP contribution is 1.93. The van der Waals surface area contributed by atoms with Crippen LogP contribution in [0.3, 0.4) is 0 Å². The molecular weight excluding hydrogens is 231 g/mol. The number of nitrogens with one attached hydrogen (secondary N) is 2. The molecule has 0 saturated carbocycles. The van der Waals surface area contributed by atoms with Gasteiger partial charge < -0.3 is 5.32 Å². The summed E-state index contributed by atoms with van der Waals surface area (Å²) in [5, 5.41) is 2.94. The molecule has 4 heteroatoms. The van der Waals surface area contributed by atoms with Crippen molar-refractivity contribution in [2.75, 3.05) is 20.2 Å². The zero-order valence-corrected chi connectivity index (χ0v) is 7.57. The van der Waals surface area contributed by atoms with Gasteiger partial charge in [0, 0.05) is 6.54 Å². The summed E-state index contributed by atoms with van der Waals surface area (Å²) in [6.45, 7) is 5.08. The van der Waals surface area contributed by atoms with E-state index in [0.717, 1.165) is 10.2 Å². The van der Waals surface area contributed by atoms with Gasteiger partial charge >= 0.3 is 0 Å². The number of hydrogen-bond donors (Lipinski definition) is 2. The summed E-state index contributed by atoms with van der Waals surface area (Å²) in [5.74, 6) is 0. The van der Waals surface area contributed by atoms with Gasteiger partial charge in [-0.15, -0.1) is 0 Å². The third-order valence-corrected chi connectivity index (χ3v) is 0.857. The molecule has 0 bridgehead atoms. The standard InChI is InChI=1S/C5H11IN2O/c1-5(6)8-9-4-3-7-2/h7-8H,1,3-4H2,2H3. The summed E-state index contributed by atoms with van der Waals surface area (Å²) in [6.07, 6.45) is 0. The molecule has 0 aliphatic carbocycles. The molecule has 0 radical (unpaired) electrons. The average Bonchev–Trinajstić information content (AvgIpc) is 1.80. The lowest BCUT2D eigenvalue weighted by atomic mass is 10.7. The molecule has 0 rings (SSSR count). The van der Waals surface area contributed by atoms with E-state index < -0.39 is 0 Å². The van der Waals surface area contributed by atoms with Crippen molar-refractivity contribution in [1.29, 1.82) is 0 Å². The second-order valence-corrected chi connectivity index (χ2v) is 2.76. The zero-order chi connectivity index (χ0) is 7.11. The minimum Gasteiger partial charge on any atom is -0.317 e. The number of likely N-dealkylation sites (N-methyl/N-ethyl adjacent to an activating group) is 1. The largest absolute Gasteiger partial charge is 0.317 e. The van der Waals surface area contributed by atoms with Crippen molar-refractivity contribution in [3.63, 3.8) is 0 Å². The van der Waals surface area contributed by atoms with Gasteiger partial charge in [-0.05, 0) is 29.6 Å². The van der Waals surface area contributed by atoms with Crippen molar-refractivity contribution in [3.8, 4) is 0 Å². The normalized spacial score (nSPS) is 9.11. The van der Waals surface area contributed by atoms with Crippen LogP contribution in [0, 0.1) is 0 Å². The molecule has 0 amide bonds. The summed E-state index contributed by atoms with van der Waals surface area (Å²) in [6, 6.07) is 0. The van der Waals surface area contributed by atoms with Crippen molar-refractivity contribution in [1.82, 2.24) is 10.8 Å². The lowest BCUT2D eigenvalue weighted by molar-refractivity contribution is 0.0733. The summed E-state index contributed by atoms with van der Waals surface area (Å²) < 4.78 is 0.795. The van der Waals surface area contributed by atoms with Crippen molar-refractivity contribution < 1.29 is 4.84 Å². The number of rotatable bonds is 5. The first kappa shape index (κ1) is 9.19. The third-order valence-electron chi connectivity index (χ3n) is 0.637. The van der Waals surface area contributed by atoms with Crippen LogP contribution in [0.25, 0.3) is 0 Å². The Bertz CT molecular complexity index is 87.0. The summed E-state index contributed by atoms with van der Waals surface area (Å²) in [7, 11) is 1.88. The van der Waals surface area contributed by atoms with Gasteiger partial charge in [0.15, 0.2) is 0 Å². The molecular formula is C5H11IN2O. The minimum absolute atomic E-state index is 0.651. The lowest BCUT2D eigenvalue weighted by Gasteiger charge is -2.02. The third kappa shape index (κ3) is 8.19. The van der Waals surface area contributed by atoms with Gasteiger partial charge in [0.1, 0.15) is 0 Å². The van der Waals surface area contributed by atoms with E-state index in [4.69, 9.17) is 4.84 Å². The van der Waals surface area contributed by atoms with Crippen molar-refractivity contribution in [3.05, 3.63) is 10.3 Å². The van der Waals surface area contributed by atoms with Crippen LogP contribution in [0.4, 0.5) is 0 Å². The molecule has 0 aromatic carbocycles. The Kier molecular flexibility index (Phi) is 6.45. The second-order valence-electron chi connectivity index (χ2n) is 1.46. The zero-order valence-electron chi connectivity index (χ0n) is 5.41. The van der Waals surface area contributed by atoms with E-state index in [-0.39, 0.29) is 0 Å². The van der Waals surface area contributed by atoms with Gasteiger partial charge in [-0.2, -0.15) is 0 Å². The van der Waals surface area contributed by atoms with Crippen LogP contribution >= 0.6 is 22.6 Å². The molecule has 0 aromatic rings. The fourth-order valence-corrected chi connectivity index (χ4v) is 0.438. The number of halogens is 1. The smallest absolute Gasteiger partial charge is 0.0912 e. The van der Waals surface area contributed by atoms with Gasteiger partial charge in [0.25, 0.3) is 0 Å². The fraction of sp³-hybridized carbons (Fsp3) is 0.600. The van der Waals surface area contributed by atoms with E-state index in [0.29, 0.717) is 6.61 Å². The Labute approximate surface area is 68.9 Å². The molecule has 0 fully saturated rings. The van der Waals surface area contributed by atoms with Crippen molar-refractivity contribution >= 4 is 22.6 Å². The van der Waals surface area contributed by atoms with Gasteiger partial charge in [-0.3, -0.25) is 10.3 Å². The van der Waals surface area contributed by atoms with E-state index in [1.807, 2.05) is 29.6 Å². The van der Waals surface area contributed by atoms with E-state index in [9.17, 15) is 0 Å². The molecule has 9 heavy (non-hydrogen) atoms. The van der Waals surface area contributed by atoms with Crippen LogP contribution < -0.4 is 10.8 Å². The predicted molar refractivity (Wildman–Crippen MR) is 46.2 cm³/mol. The summed E-state index contributed by atoms with van der Waals surface area (Å²) in [4.78, 5) is 4.92.